The maximum atomic E-state index is 12.7. The number of amidine groups is 1. The minimum Gasteiger partial charge on any atom is -0.491 e. The molecule has 0 saturated carbocycles. The molecule has 0 amide bonds. The molecule has 3 nitrogen and oxygen atoms in total. The summed E-state index contributed by atoms with van der Waals surface area (Å²) >= 11 is 5.74. The summed E-state index contributed by atoms with van der Waals surface area (Å²) in [5.74, 6) is -0.155. The summed E-state index contributed by atoms with van der Waals surface area (Å²) < 4.78 is 18.0. The first-order valence-electron chi connectivity index (χ1n) is 4.42. The van der Waals surface area contributed by atoms with E-state index in [1.54, 1.807) is 6.92 Å². The molecule has 5 heteroatoms. The highest BCUT2D eigenvalue weighted by molar-refractivity contribution is 6.32. The summed E-state index contributed by atoms with van der Waals surface area (Å²) in [7, 11) is 0. The summed E-state index contributed by atoms with van der Waals surface area (Å²) in [5.41, 5.74) is 5.27. The van der Waals surface area contributed by atoms with Gasteiger partial charge in [0.05, 0.1) is 17.5 Å². The van der Waals surface area contributed by atoms with Crippen molar-refractivity contribution in [2.45, 2.75) is 6.92 Å². The molecule has 1 rings (SSSR count). The Hall–Kier alpha value is -1.29. The Balaban J connectivity index is 2.62. The molecule has 0 aliphatic carbocycles. The van der Waals surface area contributed by atoms with Crippen molar-refractivity contribution in [3.8, 4) is 5.75 Å². The fourth-order valence-corrected chi connectivity index (χ4v) is 1.12. The van der Waals surface area contributed by atoms with Crippen LogP contribution in [0.1, 0.15) is 6.92 Å². The van der Waals surface area contributed by atoms with E-state index in [2.05, 4.69) is 0 Å². The third-order valence-electron chi connectivity index (χ3n) is 1.91. The minimum atomic E-state index is -0.410. The van der Waals surface area contributed by atoms with Gasteiger partial charge < -0.3 is 10.5 Å². The van der Waals surface area contributed by atoms with Crippen LogP contribution in [0, 0.1) is 17.1 Å². The van der Waals surface area contributed by atoms with E-state index in [1.807, 2.05) is 0 Å². The second-order valence-electron chi connectivity index (χ2n) is 3.24. The van der Waals surface area contributed by atoms with Crippen molar-refractivity contribution < 1.29 is 9.13 Å². The van der Waals surface area contributed by atoms with E-state index in [0.29, 0.717) is 5.75 Å². The number of nitrogens with one attached hydrogen (secondary N) is 1. The molecule has 0 bridgehead atoms. The van der Waals surface area contributed by atoms with Gasteiger partial charge in [-0.3, -0.25) is 5.41 Å². The zero-order chi connectivity index (χ0) is 11.4. The summed E-state index contributed by atoms with van der Waals surface area (Å²) in [6.07, 6.45) is 0. The van der Waals surface area contributed by atoms with Crippen LogP contribution in [0.3, 0.4) is 0 Å². The quantitative estimate of drug-likeness (QED) is 0.617. The lowest BCUT2D eigenvalue weighted by Gasteiger charge is -2.12. The van der Waals surface area contributed by atoms with Gasteiger partial charge in [0.15, 0.2) is 0 Å². The molecule has 1 aromatic carbocycles. The molecule has 0 aliphatic rings. The molecule has 0 radical (unpaired) electrons. The van der Waals surface area contributed by atoms with Crippen LogP contribution >= 0.6 is 11.6 Å². The molecule has 0 aromatic heterocycles. The predicted molar refractivity (Wildman–Crippen MR) is 58.0 cm³/mol. The molecule has 82 valence electrons. The molecule has 0 spiro atoms. The Morgan fingerprint density at radius 1 is 1.67 bits per heavy atom. The summed E-state index contributed by atoms with van der Waals surface area (Å²) in [5, 5.41) is 7.37. The Morgan fingerprint density at radius 3 is 2.87 bits per heavy atom. The molecular formula is C10H12ClFN2O. The largest absolute Gasteiger partial charge is 0.491 e. The highest BCUT2D eigenvalue weighted by Gasteiger charge is 2.08. The number of benzene rings is 1. The third-order valence-corrected chi connectivity index (χ3v) is 2.21. The van der Waals surface area contributed by atoms with Crippen LogP contribution in [0.4, 0.5) is 4.39 Å². The molecule has 0 aliphatic heterocycles. The van der Waals surface area contributed by atoms with Crippen LogP contribution in [0.2, 0.25) is 5.02 Å². The first-order valence-corrected chi connectivity index (χ1v) is 4.80. The second kappa shape index (κ2) is 4.98. The first kappa shape index (κ1) is 11.8. The normalized spacial score (nSPS) is 12.2. The van der Waals surface area contributed by atoms with Gasteiger partial charge in [-0.1, -0.05) is 18.5 Å². The Bertz CT molecular complexity index is 370. The van der Waals surface area contributed by atoms with Crippen LogP contribution in [0.5, 0.6) is 5.75 Å². The lowest BCUT2D eigenvalue weighted by molar-refractivity contribution is 0.291. The zero-order valence-corrected chi connectivity index (χ0v) is 9.01. The van der Waals surface area contributed by atoms with Crippen LogP contribution in [0.25, 0.3) is 0 Å². The van der Waals surface area contributed by atoms with Gasteiger partial charge in [-0.2, -0.15) is 0 Å². The van der Waals surface area contributed by atoms with E-state index in [9.17, 15) is 4.39 Å². The van der Waals surface area contributed by atoms with E-state index in [4.69, 9.17) is 27.5 Å². The Labute approximate surface area is 92.5 Å². The van der Waals surface area contributed by atoms with Crippen molar-refractivity contribution in [1.82, 2.24) is 0 Å². The van der Waals surface area contributed by atoms with Crippen molar-refractivity contribution in [2.24, 2.45) is 11.7 Å². The number of ether oxygens (including phenoxy) is 1. The van der Waals surface area contributed by atoms with Crippen molar-refractivity contribution in [1.29, 1.82) is 5.41 Å². The monoisotopic (exact) mass is 230 g/mol. The van der Waals surface area contributed by atoms with Crippen molar-refractivity contribution >= 4 is 17.4 Å². The predicted octanol–water partition coefficient (Wildman–Crippen LogP) is 2.43. The van der Waals surface area contributed by atoms with Gasteiger partial charge in [0.25, 0.3) is 0 Å². The molecule has 1 unspecified atom stereocenters. The van der Waals surface area contributed by atoms with E-state index in [-0.39, 0.29) is 23.4 Å². The van der Waals surface area contributed by atoms with Crippen molar-refractivity contribution in [3.63, 3.8) is 0 Å². The smallest absolute Gasteiger partial charge is 0.138 e. The number of rotatable bonds is 4. The number of nitrogens with two attached hydrogens (primary N) is 1. The molecule has 1 atom stereocenters. The van der Waals surface area contributed by atoms with E-state index < -0.39 is 5.82 Å². The standard InChI is InChI=1S/C10H12ClFN2O/c1-6(10(13)14)5-15-9-3-2-7(12)4-8(9)11/h2-4,6H,5H2,1H3,(H3,13,14). The summed E-state index contributed by atoms with van der Waals surface area (Å²) in [4.78, 5) is 0. The molecular weight excluding hydrogens is 219 g/mol. The van der Waals surface area contributed by atoms with Crippen molar-refractivity contribution in [3.05, 3.63) is 29.0 Å². The molecule has 1 aromatic rings. The average molecular weight is 231 g/mol. The summed E-state index contributed by atoms with van der Waals surface area (Å²) in [6, 6.07) is 3.89. The fraction of sp³-hybridized carbons (Fsp3) is 0.300. The van der Waals surface area contributed by atoms with Gasteiger partial charge in [-0.05, 0) is 18.2 Å². The maximum absolute atomic E-state index is 12.7. The first-order chi connectivity index (χ1) is 7.00. The van der Waals surface area contributed by atoms with E-state index in [1.165, 1.54) is 18.2 Å². The fourth-order valence-electron chi connectivity index (χ4n) is 0.897. The minimum absolute atomic E-state index is 0.0493. The molecule has 0 fully saturated rings. The topological polar surface area (TPSA) is 59.1 Å². The molecule has 0 heterocycles. The average Bonchev–Trinajstić information content (AvgIpc) is 2.15. The Morgan fingerprint density at radius 2 is 2.33 bits per heavy atom. The van der Waals surface area contributed by atoms with Gasteiger partial charge in [0.1, 0.15) is 11.6 Å². The van der Waals surface area contributed by atoms with Crippen LogP contribution < -0.4 is 10.5 Å². The second-order valence-corrected chi connectivity index (χ2v) is 3.65. The van der Waals surface area contributed by atoms with Gasteiger partial charge in [0, 0.05) is 5.92 Å². The van der Waals surface area contributed by atoms with Crippen molar-refractivity contribution in [2.75, 3.05) is 6.61 Å². The molecule has 15 heavy (non-hydrogen) atoms. The van der Waals surface area contributed by atoms with Crippen LogP contribution in [-0.2, 0) is 0 Å². The SMILES string of the molecule is CC(COc1ccc(F)cc1Cl)C(=N)N. The van der Waals surface area contributed by atoms with Gasteiger partial charge in [0.2, 0.25) is 0 Å². The van der Waals surface area contributed by atoms with Gasteiger partial charge in [-0.25, -0.2) is 4.39 Å². The van der Waals surface area contributed by atoms with Gasteiger partial charge >= 0.3 is 0 Å². The van der Waals surface area contributed by atoms with Crippen LogP contribution in [-0.4, -0.2) is 12.4 Å². The van der Waals surface area contributed by atoms with E-state index in [0.717, 1.165) is 0 Å². The highest BCUT2D eigenvalue weighted by atomic mass is 35.5. The van der Waals surface area contributed by atoms with E-state index >= 15 is 0 Å². The summed E-state index contributed by atoms with van der Waals surface area (Å²) in [6.45, 7) is 2.01. The Kier molecular flexibility index (Phi) is 3.91. The number of hydrogen-bond donors (Lipinski definition) is 2. The van der Waals surface area contributed by atoms with Crippen LogP contribution in [0.15, 0.2) is 18.2 Å². The number of hydrogen-bond acceptors (Lipinski definition) is 2. The number of halogens is 2. The van der Waals surface area contributed by atoms with Gasteiger partial charge in [-0.15, -0.1) is 0 Å². The maximum Gasteiger partial charge on any atom is 0.138 e. The molecule has 3 N–H and O–H groups in total. The highest BCUT2D eigenvalue weighted by Crippen LogP contribution is 2.25. The molecule has 0 saturated heterocycles. The third kappa shape index (κ3) is 3.40. The lowest BCUT2D eigenvalue weighted by atomic mass is 10.2. The zero-order valence-electron chi connectivity index (χ0n) is 8.26. The lowest BCUT2D eigenvalue weighted by Crippen LogP contribution is -2.25.